The number of aliphatic hydroxyl groups is 3. The normalized spacial score (nSPS) is 10.1. The Bertz CT molecular complexity index is 230. The van der Waals surface area contributed by atoms with Gasteiger partial charge >= 0.3 is 5.97 Å². The SMILES string of the molecule is C=C(C)C(=O)O.OCCOCCOCCOCC(O)O. The zero-order valence-corrected chi connectivity index (χ0v) is 11.7. The summed E-state index contributed by atoms with van der Waals surface area (Å²) in [5.41, 5.74) is 0.176. The first-order valence-electron chi connectivity index (χ1n) is 6.00. The zero-order chi connectivity index (χ0) is 15.8. The van der Waals surface area contributed by atoms with Crippen LogP contribution in [0, 0.1) is 0 Å². The molecule has 8 nitrogen and oxygen atoms in total. The molecule has 0 fully saturated rings. The van der Waals surface area contributed by atoms with Crippen molar-refractivity contribution in [1.82, 2.24) is 0 Å². The molecule has 0 spiro atoms. The number of carboxylic acids is 1. The molecule has 0 unspecified atom stereocenters. The number of carboxylic acid groups (broad SMARTS) is 1. The fraction of sp³-hybridized carbons (Fsp3) is 0.750. The van der Waals surface area contributed by atoms with E-state index in [0.29, 0.717) is 33.0 Å². The van der Waals surface area contributed by atoms with E-state index < -0.39 is 12.3 Å². The summed E-state index contributed by atoms with van der Waals surface area (Å²) in [7, 11) is 0. The van der Waals surface area contributed by atoms with Crippen molar-refractivity contribution in [2.24, 2.45) is 0 Å². The summed E-state index contributed by atoms with van der Waals surface area (Å²) in [4.78, 5) is 9.60. The molecule has 0 aromatic rings. The van der Waals surface area contributed by atoms with E-state index in [1.54, 1.807) is 0 Å². The van der Waals surface area contributed by atoms with Crippen molar-refractivity contribution in [3.63, 3.8) is 0 Å². The van der Waals surface area contributed by atoms with E-state index in [4.69, 9.17) is 34.6 Å². The van der Waals surface area contributed by atoms with Crippen molar-refractivity contribution < 1.29 is 39.4 Å². The van der Waals surface area contributed by atoms with Gasteiger partial charge in [0.1, 0.15) is 0 Å². The van der Waals surface area contributed by atoms with Gasteiger partial charge in [-0.15, -0.1) is 0 Å². The highest BCUT2D eigenvalue weighted by Crippen LogP contribution is 1.83. The van der Waals surface area contributed by atoms with E-state index in [1.165, 1.54) is 6.92 Å². The molecule has 0 rings (SSSR count). The molecule has 0 aliphatic carbocycles. The first-order valence-corrected chi connectivity index (χ1v) is 6.00. The Balaban J connectivity index is 0. The fourth-order valence-corrected chi connectivity index (χ4v) is 0.693. The van der Waals surface area contributed by atoms with Gasteiger partial charge in [-0.2, -0.15) is 0 Å². The van der Waals surface area contributed by atoms with Crippen LogP contribution in [0.4, 0.5) is 0 Å². The lowest BCUT2D eigenvalue weighted by Crippen LogP contribution is -2.17. The van der Waals surface area contributed by atoms with Gasteiger partial charge in [0.2, 0.25) is 0 Å². The molecule has 120 valence electrons. The number of rotatable bonds is 11. The number of ether oxygens (including phenoxy) is 3. The fourth-order valence-electron chi connectivity index (χ4n) is 0.693. The van der Waals surface area contributed by atoms with Crippen LogP contribution in [-0.4, -0.2) is 78.9 Å². The van der Waals surface area contributed by atoms with Crippen LogP contribution < -0.4 is 0 Å². The van der Waals surface area contributed by atoms with Crippen LogP contribution in [0.2, 0.25) is 0 Å². The Morgan fingerprint density at radius 3 is 1.80 bits per heavy atom. The van der Waals surface area contributed by atoms with Crippen molar-refractivity contribution in [3.05, 3.63) is 12.2 Å². The topological polar surface area (TPSA) is 126 Å². The van der Waals surface area contributed by atoms with Gasteiger partial charge in [-0.1, -0.05) is 6.58 Å². The third-order valence-corrected chi connectivity index (χ3v) is 1.61. The maximum Gasteiger partial charge on any atom is 0.330 e. The van der Waals surface area contributed by atoms with E-state index >= 15 is 0 Å². The average Bonchev–Trinajstić information content (AvgIpc) is 2.37. The van der Waals surface area contributed by atoms with Crippen LogP contribution in [-0.2, 0) is 19.0 Å². The smallest absolute Gasteiger partial charge is 0.330 e. The van der Waals surface area contributed by atoms with E-state index in [0.717, 1.165) is 0 Å². The van der Waals surface area contributed by atoms with Gasteiger partial charge in [0.15, 0.2) is 6.29 Å². The lowest BCUT2D eigenvalue weighted by atomic mass is 10.4. The summed E-state index contributed by atoms with van der Waals surface area (Å²) in [5.74, 6) is -0.935. The van der Waals surface area contributed by atoms with Gasteiger partial charge in [-0.3, -0.25) is 0 Å². The molecular weight excluding hydrogens is 272 g/mol. The number of aliphatic hydroxyl groups excluding tert-OH is 2. The molecule has 8 heteroatoms. The highest BCUT2D eigenvalue weighted by Gasteiger charge is 1.96. The quantitative estimate of drug-likeness (QED) is 0.217. The molecule has 0 saturated carbocycles. The molecule has 0 atom stereocenters. The van der Waals surface area contributed by atoms with Crippen molar-refractivity contribution in [2.75, 3.05) is 46.2 Å². The van der Waals surface area contributed by atoms with Gasteiger partial charge in [-0.25, -0.2) is 4.79 Å². The third kappa shape index (κ3) is 22.2. The minimum absolute atomic E-state index is 0.0114. The molecule has 0 aliphatic heterocycles. The molecular formula is C12H24O8. The number of hydrogen-bond acceptors (Lipinski definition) is 7. The third-order valence-electron chi connectivity index (χ3n) is 1.61. The zero-order valence-electron chi connectivity index (χ0n) is 11.7. The van der Waals surface area contributed by atoms with Crippen LogP contribution >= 0.6 is 0 Å². The van der Waals surface area contributed by atoms with E-state index in [-0.39, 0.29) is 18.8 Å². The molecule has 0 radical (unpaired) electrons. The molecule has 0 aromatic carbocycles. The Morgan fingerprint density at radius 2 is 1.45 bits per heavy atom. The largest absolute Gasteiger partial charge is 0.478 e. The second kappa shape index (κ2) is 16.0. The first kappa shape index (κ1) is 21.3. The second-order valence-electron chi connectivity index (χ2n) is 3.59. The van der Waals surface area contributed by atoms with Gasteiger partial charge < -0.3 is 34.6 Å². The minimum Gasteiger partial charge on any atom is -0.478 e. The molecule has 0 aliphatic rings. The summed E-state index contributed by atoms with van der Waals surface area (Å²) in [6.45, 7) is 6.39. The van der Waals surface area contributed by atoms with Crippen LogP contribution in [0.25, 0.3) is 0 Å². The highest BCUT2D eigenvalue weighted by atomic mass is 16.6. The van der Waals surface area contributed by atoms with Gasteiger partial charge in [0.25, 0.3) is 0 Å². The monoisotopic (exact) mass is 296 g/mol. The van der Waals surface area contributed by atoms with Crippen LogP contribution in [0.1, 0.15) is 6.92 Å². The van der Waals surface area contributed by atoms with Crippen LogP contribution in [0.15, 0.2) is 12.2 Å². The summed E-state index contributed by atoms with van der Waals surface area (Å²) >= 11 is 0. The van der Waals surface area contributed by atoms with E-state index in [1.807, 2.05) is 0 Å². The predicted octanol–water partition coefficient (Wildman–Crippen LogP) is -1.01. The first-order chi connectivity index (χ1) is 9.41. The molecule has 0 heterocycles. The molecule has 0 aromatic heterocycles. The number of aliphatic carboxylic acids is 1. The number of carbonyl (C=O) groups is 1. The maximum atomic E-state index is 9.60. The lowest BCUT2D eigenvalue weighted by molar-refractivity contribution is -0.132. The van der Waals surface area contributed by atoms with Crippen LogP contribution in [0.3, 0.4) is 0 Å². The van der Waals surface area contributed by atoms with Gasteiger partial charge in [-0.05, 0) is 6.92 Å². The van der Waals surface area contributed by atoms with Crippen molar-refractivity contribution >= 4 is 5.97 Å². The summed E-state index contributed by atoms with van der Waals surface area (Å²) in [5, 5.41) is 33.0. The van der Waals surface area contributed by atoms with E-state index in [9.17, 15) is 4.79 Å². The predicted molar refractivity (Wildman–Crippen MR) is 70.2 cm³/mol. The van der Waals surface area contributed by atoms with Crippen molar-refractivity contribution in [2.45, 2.75) is 13.2 Å². The summed E-state index contributed by atoms with van der Waals surface area (Å²) in [6, 6.07) is 0. The highest BCUT2D eigenvalue weighted by molar-refractivity contribution is 5.84. The molecule has 20 heavy (non-hydrogen) atoms. The van der Waals surface area contributed by atoms with Crippen molar-refractivity contribution in [1.29, 1.82) is 0 Å². The molecule has 0 saturated heterocycles. The Labute approximate surface area is 118 Å². The lowest BCUT2D eigenvalue weighted by Gasteiger charge is -2.06. The molecule has 4 N–H and O–H groups in total. The Kier molecular flexibility index (Phi) is 17.0. The van der Waals surface area contributed by atoms with Crippen LogP contribution in [0.5, 0.6) is 0 Å². The molecule has 0 amide bonds. The summed E-state index contributed by atoms with van der Waals surface area (Å²) in [6.07, 6.45) is -1.43. The van der Waals surface area contributed by atoms with Crippen molar-refractivity contribution in [3.8, 4) is 0 Å². The standard InChI is InChI=1S/C8H18O6.C4H6O2/c9-1-2-12-3-4-13-5-6-14-7-8(10)11;1-3(2)4(5)6/h8-11H,1-7H2;1H2,2H3,(H,5,6). The Hall–Kier alpha value is -1.03. The summed E-state index contributed by atoms with van der Waals surface area (Å²) < 4.78 is 14.8. The number of hydrogen-bond donors (Lipinski definition) is 4. The molecule has 0 bridgehead atoms. The second-order valence-corrected chi connectivity index (χ2v) is 3.59. The average molecular weight is 296 g/mol. The van der Waals surface area contributed by atoms with Gasteiger partial charge in [0, 0.05) is 5.57 Å². The minimum atomic E-state index is -1.43. The Morgan fingerprint density at radius 1 is 1.05 bits per heavy atom. The van der Waals surface area contributed by atoms with E-state index in [2.05, 4.69) is 6.58 Å². The van der Waals surface area contributed by atoms with Gasteiger partial charge in [0.05, 0.1) is 46.2 Å². The maximum absolute atomic E-state index is 9.60.